The van der Waals surface area contributed by atoms with Crippen LogP contribution in [-0.4, -0.2) is 19.0 Å². The van der Waals surface area contributed by atoms with E-state index < -0.39 is 17.7 Å². The Morgan fingerprint density at radius 1 is 1.32 bits per heavy atom. The highest BCUT2D eigenvalue weighted by Gasteiger charge is 2.49. The monoisotopic (exact) mass is 296 g/mol. The Hall–Kier alpha value is -0.970. The number of hydrogen-bond donors (Lipinski definition) is 0. The number of ether oxygens (including phenoxy) is 1. The van der Waals surface area contributed by atoms with E-state index in [-0.39, 0.29) is 11.0 Å². The van der Waals surface area contributed by atoms with Crippen LogP contribution in [0.4, 0.5) is 17.6 Å². The molecule has 1 aliphatic rings. The Balaban J connectivity index is 2.38. The summed E-state index contributed by atoms with van der Waals surface area (Å²) in [5, 5.41) is -2.06. The van der Waals surface area contributed by atoms with Gasteiger partial charge in [0.1, 0.15) is 11.1 Å². The summed E-state index contributed by atoms with van der Waals surface area (Å²) in [5.74, 6) is -3.68. The molecular weight excluding hydrogens is 284 g/mol. The van der Waals surface area contributed by atoms with Crippen LogP contribution < -0.4 is 4.74 Å². The number of alkyl halides is 5. The van der Waals surface area contributed by atoms with Crippen molar-refractivity contribution in [1.82, 2.24) is 0 Å². The smallest absolute Gasteiger partial charge is 0.327 e. The topological polar surface area (TPSA) is 9.23 Å². The van der Waals surface area contributed by atoms with Crippen LogP contribution in [0.1, 0.15) is 30.4 Å². The maximum atomic E-state index is 13.3. The molecule has 1 aliphatic heterocycles. The van der Waals surface area contributed by atoms with Gasteiger partial charge in [0.05, 0.1) is 6.61 Å². The lowest BCUT2D eigenvalue weighted by atomic mass is 9.85. The fourth-order valence-electron chi connectivity index (χ4n) is 2.03. The van der Waals surface area contributed by atoms with E-state index in [2.05, 4.69) is 0 Å². The lowest BCUT2D eigenvalue weighted by Crippen LogP contribution is -2.31. The van der Waals surface area contributed by atoms with Gasteiger partial charge in [-0.15, -0.1) is 11.6 Å². The molecule has 1 aromatic rings. The largest absolute Gasteiger partial charge is 0.492 e. The molecule has 0 N–H and O–H groups in total. The van der Waals surface area contributed by atoms with Gasteiger partial charge in [-0.25, -0.2) is 8.78 Å². The highest BCUT2D eigenvalue weighted by molar-refractivity contribution is 6.21. The first-order valence-electron chi connectivity index (χ1n) is 5.73. The molecule has 2 rings (SSSR count). The maximum absolute atomic E-state index is 13.3. The van der Waals surface area contributed by atoms with Crippen LogP contribution in [-0.2, 0) is 5.41 Å². The third-order valence-corrected chi connectivity index (χ3v) is 3.79. The van der Waals surface area contributed by atoms with Gasteiger partial charge in [0, 0.05) is 11.0 Å². The normalized spacial score (nSPS) is 19.2. The molecule has 1 unspecified atom stereocenters. The summed E-state index contributed by atoms with van der Waals surface area (Å²) >= 11 is 5.52. The summed E-state index contributed by atoms with van der Waals surface area (Å²) < 4.78 is 56.5. The number of fused-ring (bicyclic) bond motifs is 1. The van der Waals surface area contributed by atoms with Crippen LogP contribution in [0.5, 0.6) is 5.75 Å². The first kappa shape index (κ1) is 14.4. The van der Waals surface area contributed by atoms with Gasteiger partial charge in [0.15, 0.2) is 0 Å². The quantitative estimate of drug-likeness (QED) is 0.588. The van der Waals surface area contributed by atoms with E-state index in [1.165, 1.54) is 18.2 Å². The van der Waals surface area contributed by atoms with Gasteiger partial charge in [0.2, 0.25) is 0 Å². The van der Waals surface area contributed by atoms with Crippen LogP contribution in [0.3, 0.4) is 0 Å². The van der Waals surface area contributed by atoms with E-state index in [9.17, 15) is 17.6 Å². The Morgan fingerprint density at radius 2 is 1.95 bits per heavy atom. The summed E-state index contributed by atoms with van der Waals surface area (Å²) in [6, 6.07) is 4.22. The van der Waals surface area contributed by atoms with Crippen molar-refractivity contribution in [1.29, 1.82) is 0 Å². The molecule has 0 fully saturated rings. The van der Waals surface area contributed by atoms with Crippen LogP contribution >= 0.6 is 11.6 Å². The number of benzene rings is 1. The minimum atomic E-state index is -4.26. The highest BCUT2D eigenvalue weighted by atomic mass is 35.5. The summed E-state index contributed by atoms with van der Waals surface area (Å²) in [6.07, 6.45) is -3.80. The van der Waals surface area contributed by atoms with Crippen molar-refractivity contribution in [2.75, 3.05) is 6.61 Å². The number of rotatable bonds is 3. The fraction of sp³-hybridized carbons (Fsp3) is 0.538. The molecule has 0 saturated carbocycles. The van der Waals surface area contributed by atoms with Crippen LogP contribution in [0.25, 0.3) is 0 Å². The fourth-order valence-corrected chi connectivity index (χ4v) is 2.26. The molecule has 0 aromatic heterocycles. The van der Waals surface area contributed by atoms with E-state index in [1.54, 1.807) is 0 Å². The minimum absolute atomic E-state index is 0.0238. The third kappa shape index (κ3) is 2.40. The summed E-state index contributed by atoms with van der Waals surface area (Å²) in [4.78, 5) is 0. The van der Waals surface area contributed by atoms with Crippen molar-refractivity contribution in [3.63, 3.8) is 0 Å². The van der Waals surface area contributed by atoms with Crippen LogP contribution in [0.2, 0.25) is 0 Å². The van der Waals surface area contributed by atoms with Crippen molar-refractivity contribution >= 4 is 11.6 Å². The van der Waals surface area contributed by atoms with Gasteiger partial charge < -0.3 is 4.74 Å². The Morgan fingerprint density at radius 3 is 2.53 bits per heavy atom. The SMILES string of the molecule is CC1(C)COc2ccc(C(Cl)C(F)(F)C(F)F)cc21. The molecular formula is C13H13ClF4O. The molecule has 106 valence electrons. The zero-order chi connectivity index (χ0) is 14.4. The first-order chi connectivity index (χ1) is 8.66. The average molecular weight is 297 g/mol. The Kier molecular flexibility index (Phi) is 3.45. The lowest BCUT2D eigenvalue weighted by molar-refractivity contribution is -0.130. The third-order valence-electron chi connectivity index (χ3n) is 3.24. The van der Waals surface area contributed by atoms with Crippen molar-refractivity contribution < 1.29 is 22.3 Å². The van der Waals surface area contributed by atoms with Gasteiger partial charge >= 0.3 is 12.3 Å². The number of hydrogen-bond acceptors (Lipinski definition) is 1. The van der Waals surface area contributed by atoms with Gasteiger partial charge in [-0.2, -0.15) is 8.78 Å². The maximum Gasteiger partial charge on any atom is 0.327 e. The number of halogens is 5. The summed E-state index contributed by atoms with van der Waals surface area (Å²) in [5.41, 5.74) is 0.340. The van der Waals surface area contributed by atoms with Gasteiger partial charge in [0.25, 0.3) is 0 Å². The second kappa shape index (κ2) is 4.54. The second-order valence-electron chi connectivity index (χ2n) is 5.27. The van der Waals surface area contributed by atoms with E-state index in [0.29, 0.717) is 17.9 Å². The highest BCUT2D eigenvalue weighted by Crippen LogP contribution is 2.45. The zero-order valence-corrected chi connectivity index (χ0v) is 11.1. The molecule has 0 bridgehead atoms. The zero-order valence-electron chi connectivity index (χ0n) is 10.4. The van der Waals surface area contributed by atoms with Crippen LogP contribution in [0, 0.1) is 0 Å². The summed E-state index contributed by atoms with van der Waals surface area (Å²) in [7, 11) is 0. The molecule has 1 nitrogen and oxygen atoms in total. The van der Waals surface area contributed by atoms with E-state index in [0.717, 1.165) is 0 Å². The Bertz CT molecular complexity index is 488. The lowest BCUT2D eigenvalue weighted by Gasteiger charge is -2.22. The van der Waals surface area contributed by atoms with Crippen molar-refractivity contribution in [3.05, 3.63) is 29.3 Å². The van der Waals surface area contributed by atoms with E-state index in [4.69, 9.17) is 16.3 Å². The van der Waals surface area contributed by atoms with Crippen molar-refractivity contribution in [2.45, 2.75) is 37.0 Å². The first-order valence-corrected chi connectivity index (χ1v) is 6.17. The molecule has 0 aliphatic carbocycles. The predicted octanol–water partition coefficient (Wildman–Crippen LogP) is 4.54. The molecule has 6 heteroatoms. The van der Waals surface area contributed by atoms with Crippen molar-refractivity contribution in [3.8, 4) is 5.75 Å². The molecule has 1 heterocycles. The van der Waals surface area contributed by atoms with Gasteiger partial charge in [-0.05, 0) is 17.7 Å². The Labute approximate surface area is 113 Å². The second-order valence-corrected chi connectivity index (χ2v) is 5.70. The molecule has 0 radical (unpaired) electrons. The molecule has 0 amide bonds. The molecule has 1 aromatic carbocycles. The molecule has 1 atom stereocenters. The van der Waals surface area contributed by atoms with Gasteiger partial charge in [-0.3, -0.25) is 0 Å². The van der Waals surface area contributed by atoms with Gasteiger partial charge in [-0.1, -0.05) is 19.9 Å². The molecule has 0 saturated heterocycles. The standard InChI is InChI=1S/C13H13ClF4O/c1-12(2)6-19-9-4-3-7(5-8(9)12)10(14)13(17,18)11(15)16/h3-5,10-11H,6H2,1-2H3. The minimum Gasteiger partial charge on any atom is -0.492 e. The van der Waals surface area contributed by atoms with Crippen LogP contribution in [0.15, 0.2) is 18.2 Å². The van der Waals surface area contributed by atoms with E-state index in [1.807, 2.05) is 13.8 Å². The molecule has 0 spiro atoms. The van der Waals surface area contributed by atoms with E-state index >= 15 is 0 Å². The van der Waals surface area contributed by atoms with Crippen molar-refractivity contribution in [2.24, 2.45) is 0 Å². The summed E-state index contributed by atoms with van der Waals surface area (Å²) in [6.45, 7) is 4.19. The predicted molar refractivity (Wildman–Crippen MR) is 64.5 cm³/mol. The average Bonchev–Trinajstić information content (AvgIpc) is 2.64. The molecule has 19 heavy (non-hydrogen) atoms.